The number of piperazine rings is 1. The molecule has 2 aromatic carbocycles. The van der Waals surface area contributed by atoms with E-state index in [4.69, 9.17) is 5.10 Å². The number of nitrogens with one attached hydrogen (secondary N) is 1. The minimum Gasteiger partial charge on any atom is -0.368 e. The fourth-order valence-corrected chi connectivity index (χ4v) is 5.42. The van der Waals surface area contributed by atoms with E-state index in [1.807, 2.05) is 59.4 Å². The number of rotatable bonds is 6. The second kappa shape index (κ2) is 10.8. The number of anilines is 1. The highest BCUT2D eigenvalue weighted by Gasteiger charge is 2.21. The van der Waals surface area contributed by atoms with Gasteiger partial charge in [0.2, 0.25) is 5.91 Å². The highest BCUT2D eigenvalue weighted by atomic mass is 16.2. The van der Waals surface area contributed by atoms with Gasteiger partial charge in [0.25, 0.3) is 5.91 Å². The number of nitrogens with zero attached hydrogens (tertiary/aromatic N) is 6. The van der Waals surface area contributed by atoms with Crippen molar-refractivity contribution in [2.24, 2.45) is 7.05 Å². The molecule has 6 rings (SSSR count). The van der Waals surface area contributed by atoms with Crippen LogP contribution in [-0.2, 0) is 11.8 Å². The van der Waals surface area contributed by atoms with Gasteiger partial charge in [-0.25, -0.2) is 4.52 Å². The van der Waals surface area contributed by atoms with Crippen LogP contribution in [0, 0.1) is 0 Å². The molecule has 206 valence electrons. The second-order valence-electron chi connectivity index (χ2n) is 10.1. The quantitative estimate of drug-likeness (QED) is 0.322. The number of carbonyl (C=O) groups is 2. The Morgan fingerprint density at radius 3 is 2.32 bits per heavy atom. The average Bonchev–Trinajstić information content (AvgIpc) is 3.66. The summed E-state index contributed by atoms with van der Waals surface area (Å²) in [5, 5.41) is 11.8. The van der Waals surface area contributed by atoms with E-state index in [2.05, 4.69) is 52.2 Å². The molecule has 1 aliphatic heterocycles. The largest absolute Gasteiger partial charge is 0.368 e. The van der Waals surface area contributed by atoms with E-state index in [0.717, 1.165) is 57.7 Å². The van der Waals surface area contributed by atoms with Gasteiger partial charge in [0.15, 0.2) is 0 Å². The summed E-state index contributed by atoms with van der Waals surface area (Å²) in [5.74, 6) is -0.150. The Labute approximate surface area is 238 Å². The van der Waals surface area contributed by atoms with E-state index in [-0.39, 0.29) is 11.8 Å². The van der Waals surface area contributed by atoms with Gasteiger partial charge in [-0.2, -0.15) is 10.2 Å². The third-order valence-electron chi connectivity index (χ3n) is 7.62. The third kappa shape index (κ3) is 4.98. The third-order valence-corrected chi connectivity index (χ3v) is 7.62. The Kier molecular flexibility index (Phi) is 6.84. The maximum Gasteiger partial charge on any atom is 0.251 e. The van der Waals surface area contributed by atoms with E-state index in [1.165, 1.54) is 6.08 Å². The first-order valence-electron chi connectivity index (χ1n) is 13.5. The van der Waals surface area contributed by atoms with E-state index < -0.39 is 0 Å². The molecule has 1 aliphatic rings. The fourth-order valence-electron chi connectivity index (χ4n) is 5.42. The number of amides is 2. The molecule has 3 aromatic heterocycles. The lowest BCUT2D eigenvalue weighted by Gasteiger charge is -2.35. The van der Waals surface area contributed by atoms with Gasteiger partial charge in [-0.3, -0.25) is 14.3 Å². The average molecular weight is 546 g/mol. The molecule has 0 saturated carbocycles. The van der Waals surface area contributed by atoms with Crippen molar-refractivity contribution in [1.82, 2.24) is 29.6 Å². The van der Waals surface area contributed by atoms with Crippen LogP contribution in [0.5, 0.6) is 0 Å². The molecule has 0 bridgehead atoms. The van der Waals surface area contributed by atoms with Gasteiger partial charge in [0.1, 0.15) is 0 Å². The summed E-state index contributed by atoms with van der Waals surface area (Å²) in [7, 11) is 3.53. The summed E-state index contributed by atoms with van der Waals surface area (Å²) < 4.78 is 3.69. The summed E-state index contributed by atoms with van der Waals surface area (Å²) in [6.45, 7) is 6.50. The predicted molar refractivity (Wildman–Crippen MR) is 161 cm³/mol. The molecule has 2 amide bonds. The molecule has 0 spiro atoms. The number of aromatic nitrogens is 4. The van der Waals surface area contributed by atoms with Crippen LogP contribution < -0.4 is 10.2 Å². The van der Waals surface area contributed by atoms with Crippen molar-refractivity contribution in [3.05, 3.63) is 97.6 Å². The van der Waals surface area contributed by atoms with Crippen molar-refractivity contribution < 1.29 is 9.59 Å². The Morgan fingerprint density at radius 2 is 1.63 bits per heavy atom. The number of aryl methyl sites for hydroxylation is 1. The molecule has 1 N–H and O–H groups in total. The minimum atomic E-state index is -0.132. The highest BCUT2D eigenvalue weighted by molar-refractivity contribution is 5.98. The zero-order valence-electron chi connectivity index (χ0n) is 23.1. The molecule has 0 radical (unpaired) electrons. The number of carbonyl (C=O) groups excluding carboxylic acids is 2. The zero-order chi connectivity index (χ0) is 28.5. The van der Waals surface area contributed by atoms with Crippen LogP contribution in [0.2, 0.25) is 0 Å². The van der Waals surface area contributed by atoms with Crippen LogP contribution in [0.15, 0.2) is 92.0 Å². The summed E-state index contributed by atoms with van der Waals surface area (Å²) >= 11 is 0. The van der Waals surface area contributed by atoms with Gasteiger partial charge in [-0.05, 0) is 47.5 Å². The van der Waals surface area contributed by atoms with Gasteiger partial charge in [0, 0.05) is 86.2 Å². The first-order valence-corrected chi connectivity index (χ1v) is 13.5. The number of hydrogen-bond acceptors (Lipinski definition) is 5. The first kappa shape index (κ1) is 26.1. The molecule has 5 aromatic rings. The topological polar surface area (TPSA) is 87.8 Å². The SMILES string of the molecule is C=CC(=O)N1CCN(c2ccc(-c3cc(-c4cnn(C)c4)cn4ncc(-c5cccc(C(=O)NC)c5)c34)cc2)CC1. The van der Waals surface area contributed by atoms with Crippen LogP contribution in [0.4, 0.5) is 5.69 Å². The predicted octanol–water partition coefficient (Wildman–Crippen LogP) is 4.26. The Hall–Kier alpha value is -5.18. The molecule has 0 aliphatic carbocycles. The van der Waals surface area contributed by atoms with Crippen molar-refractivity contribution in [3.63, 3.8) is 0 Å². The zero-order valence-corrected chi connectivity index (χ0v) is 23.1. The lowest BCUT2D eigenvalue weighted by molar-refractivity contribution is -0.126. The van der Waals surface area contributed by atoms with Crippen molar-refractivity contribution in [2.45, 2.75) is 0 Å². The van der Waals surface area contributed by atoms with E-state index >= 15 is 0 Å². The van der Waals surface area contributed by atoms with E-state index in [9.17, 15) is 9.59 Å². The molecule has 9 heteroatoms. The van der Waals surface area contributed by atoms with Crippen LogP contribution in [0.1, 0.15) is 10.4 Å². The number of pyridine rings is 1. The monoisotopic (exact) mass is 545 g/mol. The molecule has 0 unspecified atom stereocenters. The van der Waals surface area contributed by atoms with Gasteiger partial charge in [-0.1, -0.05) is 30.8 Å². The molecule has 0 atom stereocenters. The molecule has 1 saturated heterocycles. The van der Waals surface area contributed by atoms with Crippen LogP contribution in [0.3, 0.4) is 0 Å². The molecule has 9 nitrogen and oxygen atoms in total. The maximum absolute atomic E-state index is 12.4. The molecule has 1 fully saturated rings. The van der Waals surface area contributed by atoms with E-state index in [0.29, 0.717) is 18.7 Å². The number of benzene rings is 2. The number of hydrogen-bond donors (Lipinski definition) is 1. The van der Waals surface area contributed by atoms with Crippen molar-refractivity contribution in [1.29, 1.82) is 0 Å². The number of fused-ring (bicyclic) bond motifs is 1. The normalized spacial score (nSPS) is 13.4. The van der Waals surface area contributed by atoms with Crippen molar-refractivity contribution in [2.75, 3.05) is 38.1 Å². The highest BCUT2D eigenvalue weighted by Crippen LogP contribution is 2.37. The van der Waals surface area contributed by atoms with Crippen molar-refractivity contribution >= 4 is 23.0 Å². The summed E-state index contributed by atoms with van der Waals surface area (Å²) in [4.78, 5) is 28.5. The van der Waals surface area contributed by atoms with Gasteiger partial charge < -0.3 is 15.1 Å². The van der Waals surface area contributed by atoms with Crippen LogP contribution in [0.25, 0.3) is 38.9 Å². The van der Waals surface area contributed by atoms with Crippen molar-refractivity contribution in [3.8, 4) is 33.4 Å². The summed E-state index contributed by atoms with van der Waals surface area (Å²) in [5.41, 5.74) is 8.60. The Balaban J connectivity index is 1.42. The first-order chi connectivity index (χ1) is 19.9. The van der Waals surface area contributed by atoms with E-state index in [1.54, 1.807) is 17.8 Å². The smallest absolute Gasteiger partial charge is 0.251 e. The van der Waals surface area contributed by atoms with Crippen LogP contribution in [-0.4, -0.2) is 69.3 Å². The van der Waals surface area contributed by atoms with Gasteiger partial charge >= 0.3 is 0 Å². The summed E-state index contributed by atoms with van der Waals surface area (Å²) in [6, 6.07) is 18.3. The maximum atomic E-state index is 12.4. The van der Waals surface area contributed by atoms with Gasteiger partial charge in [0.05, 0.1) is 17.9 Å². The molecular formula is C32H31N7O2. The van der Waals surface area contributed by atoms with Gasteiger partial charge in [-0.15, -0.1) is 0 Å². The minimum absolute atomic E-state index is 0.0185. The molecule has 4 heterocycles. The standard InChI is InChI=1S/C32H31N7O2/c1-4-30(40)38-14-12-37(13-15-38)27-10-8-22(9-11-27)28-17-25(26-18-34-36(3)20-26)21-39-31(28)29(19-35-39)23-6-5-7-24(16-23)32(41)33-2/h4-11,16-21H,1,12-15H2,2-3H3,(H,33,41). The molecular weight excluding hydrogens is 514 g/mol. The lowest BCUT2D eigenvalue weighted by atomic mass is 9.96. The summed E-state index contributed by atoms with van der Waals surface area (Å²) in [6.07, 6.45) is 9.09. The molecule has 41 heavy (non-hydrogen) atoms. The second-order valence-corrected chi connectivity index (χ2v) is 10.1. The Bertz CT molecular complexity index is 1760. The van der Waals surface area contributed by atoms with Crippen LogP contribution >= 0.6 is 0 Å². The fraction of sp³-hybridized carbons (Fsp3) is 0.188. The Morgan fingerprint density at radius 1 is 0.854 bits per heavy atom. The lowest BCUT2D eigenvalue weighted by Crippen LogP contribution is -2.48.